The van der Waals surface area contributed by atoms with Crippen molar-refractivity contribution in [3.05, 3.63) is 54.0 Å². The number of hydrogen-bond acceptors (Lipinski definition) is 3. The predicted octanol–water partition coefficient (Wildman–Crippen LogP) is 2.80. The number of aryl methyl sites for hydroxylation is 2. The third kappa shape index (κ3) is 3.30. The first kappa shape index (κ1) is 21.7. The number of hydrogen-bond donors (Lipinski definition) is 0. The van der Waals surface area contributed by atoms with E-state index in [0.717, 1.165) is 47.7 Å². The molecular weight excluding hydrogens is 457 g/mol. The number of nitrogens with zero attached hydrogens (tertiary/aromatic N) is 5. The lowest BCUT2D eigenvalue weighted by molar-refractivity contribution is -0.748. The summed E-state index contributed by atoms with van der Waals surface area (Å²) in [5.41, 5.74) is 2.51. The number of carbonyl (C=O) groups is 2. The SMILES string of the molecule is Cn1c2ccc(-c3ccc(C4=NC5(CC5)C(=O)N4CC4CN(C(=O)C5CC5)C4)c(F)c3)cc2c[n+]1C. The molecule has 3 aromatic rings. The highest BCUT2D eigenvalue weighted by Gasteiger charge is 2.58. The highest BCUT2D eigenvalue weighted by atomic mass is 19.1. The number of aliphatic imine (C=N–C) groups is 1. The molecule has 0 N–H and O–H groups in total. The number of carbonyl (C=O) groups excluding carboxylic acids is 2. The van der Waals surface area contributed by atoms with Crippen LogP contribution in [0.5, 0.6) is 0 Å². The highest BCUT2D eigenvalue weighted by molar-refractivity contribution is 6.16. The molecule has 1 aromatic heterocycles. The van der Waals surface area contributed by atoms with Crippen molar-refractivity contribution in [2.24, 2.45) is 30.9 Å². The van der Waals surface area contributed by atoms with E-state index in [0.29, 0.717) is 31.0 Å². The molecule has 8 heteroatoms. The summed E-state index contributed by atoms with van der Waals surface area (Å²) >= 11 is 0. The average Bonchev–Trinajstić information content (AvgIpc) is 3.75. The zero-order chi connectivity index (χ0) is 24.8. The molecule has 3 heterocycles. The van der Waals surface area contributed by atoms with Gasteiger partial charge in [-0.15, -0.1) is 4.68 Å². The van der Waals surface area contributed by atoms with Crippen LogP contribution in [-0.4, -0.2) is 57.3 Å². The van der Waals surface area contributed by atoms with E-state index >= 15 is 4.39 Å². The monoisotopic (exact) mass is 486 g/mol. The summed E-state index contributed by atoms with van der Waals surface area (Å²) in [5.74, 6) is 0.714. The largest absolute Gasteiger partial charge is 0.342 e. The van der Waals surface area contributed by atoms with Gasteiger partial charge in [-0.1, -0.05) is 12.1 Å². The van der Waals surface area contributed by atoms with E-state index in [9.17, 15) is 9.59 Å². The molecule has 2 amide bonds. The lowest BCUT2D eigenvalue weighted by atomic mass is 9.97. The highest BCUT2D eigenvalue weighted by Crippen LogP contribution is 2.46. The number of benzene rings is 2. The molecule has 2 aliphatic heterocycles. The minimum absolute atomic E-state index is 0.0182. The summed E-state index contributed by atoms with van der Waals surface area (Å²) in [6, 6.07) is 11.3. The smallest absolute Gasteiger partial charge is 0.256 e. The maximum absolute atomic E-state index is 15.6. The molecule has 7 nitrogen and oxygen atoms in total. The predicted molar refractivity (Wildman–Crippen MR) is 132 cm³/mol. The Bertz CT molecular complexity index is 1480. The quantitative estimate of drug-likeness (QED) is 0.521. The van der Waals surface area contributed by atoms with Gasteiger partial charge in [0.1, 0.15) is 22.7 Å². The van der Waals surface area contributed by atoms with Crippen molar-refractivity contribution in [2.45, 2.75) is 31.2 Å². The van der Waals surface area contributed by atoms with Gasteiger partial charge in [0, 0.05) is 31.5 Å². The first-order valence-corrected chi connectivity index (χ1v) is 12.8. The van der Waals surface area contributed by atoms with Crippen molar-refractivity contribution < 1.29 is 18.7 Å². The molecule has 2 aliphatic carbocycles. The molecule has 7 rings (SSSR count). The van der Waals surface area contributed by atoms with E-state index in [1.807, 2.05) is 41.9 Å². The Kier molecular flexibility index (Phi) is 4.51. The third-order valence-electron chi connectivity index (χ3n) is 8.30. The Morgan fingerprint density at radius 1 is 1.14 bits per heavy atom. The van der Waals surface area contributed by atoms with E-state index in [4.69, 9.17) is 4.99 Å². The Morgan fingerprint density at radius 3 is 2.56 bits per heavy atom. The van der Waals surface area contributed by atoms with Gasteiger partial charge in [-0.25, -0.2) is 4.39 Å². The van der Waals surface area contributed by atoms with Crippen LogP contribution >= 0.6 is 0 Å². The van der Waals surface area contributed by atoms with Crippen molar-refractivity contribution in [2.75, 3.05) is 19.6 Å². The van der Waals surface area contributed by atoms with E-state index in [-0.39, 0.29) is 29.5 Å². The molecule has 36 heavy (non-hydrogen) atoms. The summed E-state index contributed by atoms with van der Waals surface area (Å²) in [7, 11) is 3.99. The van der Waals surface area contributed by atoms with Gasteiger partial charge in [-0.05, 0) is 61.1 Å². The molecule has 3 fully saturated rings. The number of halogens is 1. The molecule has 2 aromatic carbocycles. The van der Waals surface area contributed by atoms with Crippen LogP contribution in [0.4, 0.5) is 4.39 Å². The van der Waals surface area contributed by atoms with Gasteiger partial charge in [0.25, 0.3) is 5.91 Å². The molecule has 2 saturated carbocycles. The second-order valence-electron chi connectivity index (χ2n) is 11.0. The van der Waals surface area contributed by atoms with Crippen LogP contribution in [0.15, 0.2) is 47.6 Å². The van der Waals surface area contributed by atoms with Crippen LogP contribution in [-0.2, 0) is 23.7 Å². The lowest BCUT2D eigenvalue weighted by Gasteiger charge is -2.41. The van der Waals surface area contributed by atoms with Gasteiger partial charge in [0.05, 0.1) is 18.0 Å². The second-order valence-corrected chi connectivity index (χ2v) is 11.0. The summed E-state index contributed by atoms with van der Waals surface area (Å²) in [6.07, 6.45) is 5.48. The molecule has 0 unspecified atom stereocenters. The van der Waals surface area contributed by atoms with Gasteiger partial charge >= 0.3 is 0 Å². The fourth-order valence-corrected chi connectivity index (χ4v) is 5.66. The van der Waals surface area contributed by atoms with Crippen LogP contribution in [0, 0.1) is 17.7 Å². The summed E-state index contributed by atoms with van der Waals surface area (Å²) in [5, 5.41) is 1.09. The number of rotatable bonds is 5. The minimum Gasteiger partial charge on any atom is -0.342 e. The number of aromatic nitrogens is 2. The summed E-state index contributed by atoms with van der Waals surface area (Å²) in [6.45, 7) is 1.82. The van der Waals surface area contributed by atoms with E-state index < -0.39 is 5.54 Å². The number of amidine groups is 1. The zero-order valence-corrected chi connectivity index (χ0v) is 20.6. The normalized spacial score (nSPS) is 20.9. The lowest BCUT2D eigenvalue weighted by Crippen LogP contribution is -2.55. The van der Waals surface area contributed by atoms with Gasteiger partial charge in [-0.2, -0.15) is 4.68 Å². The van der Waals surface area contributed by atoms with Crippen LogP contribution < -0.4 is 4.68 Å². The Labute approximate surface area is 208 Å². The van der Waals surface area contributed by atoms with Crippen LogP contribution in [0.3, 0.4) is 0 Å². The van der Waals surface area contributed by atoms with E-state index in [1.54, 1.807) is 17.0 Å². The van der Waals surface area contributed by atoms with Gasteiger partial charge in [0.2, 0.25) is 12.1 Å². The van der Waals surface area contributed by atoms with Crippen LogP contribution in [0.25, 0.3) is 22.0 Å². The van der Waals surface area contributed by atoms with Crippen molar-refractivity contribution >= 4 is 28.6 Å². The molecule has 0 atom stereocenters. The Hall–Kier alpha value is -3.55. The maximum atomic E-state index is 15.6. The molecule has 0 radical (unpaired) electrons. The number of fused-ring (bicyclic) bond motifs is 1. The average molecular weight is 487 g/mol. The van der Waals surface area contributed by atoms with Crippen LogP contribution in [0.2, 0.25) is 0 Å². The standard InChI is InChI=1S/C28H29FN5O2/c1-31-16-21-11-19(6-8-24(21)32(31)2)20-5-7-22(23(29)12-20)25-30-28(9-10-28)27(36)34(25)15-17-13-33(14-17)26(35)18-3-4-18/h5-8,11-12,16-18H,3-4,9-10,13-15H2,1-2H3/q+1. The van der Waals surface area contributed by atoms with Crippen molar-refractivity contribution in [3.63, 3.8) is 0 Å². The van der Waals surface area contributed by atoms with Gasteiger partial charge in [-0.3, -0.25) is 19.5 Å². The third-order valence-corrected chi connectivity index (χ3v) is 8.30. The Morgan fingerprint density at radius 2 is 1.86 bits per heavy atom. The van der Waals surface area contributed by atoms with Crippen molar-refractivity contribution in [3.8, 4) is 11.1 Å². The minimum atomic E-state index is -0.693. The molecule has 1 spiro atoms. The van der Waals surface area contributed by atoms with E-state index in [2.05, 4.69) is 16.9 Å². The molecule has 0 bridgehead atoms. The first-order valence-electron chi connectivity index (χ1n) is 12.8. The second kappa shape index (κ2) is 7.48. The first-order chi connectivity index (χ1) is 17.3. The fourth-order valence-electron chi connectivity index (χ4n) is 5.66. The maximum Gasteiger partial charge on any atom is 0.256 e. The van der Waals surface area contributed by atoms with Gasteiger partial charge in [0.15, 0.2) is 7.05 Å². The number of amides is 2. The zero-order valence-electron chi connectivity index (χ0n) is 20.6. The van der Waals surface area contributed by atoms with Crippen molar-refractivity contribution in [1.29, 1.82) is 0 Å². The molecule has 4 aliphatic rings. The molecular formula is C28H29FN5O2+. The topological polar surface area (TPSA) is 61.8 Å². The van der Waals surface area contributed by atoms with Gasteiger partial charge < -0.3 is 4.90 Å². The van der Waals surface area contributed by atoms with E-state index in [1.165, 1.54) is 0 Å². The molecule has 184 valence electrons. The summed E-state index contributed by atoms with van der Waals surface area (Å²) in [4.78, 5) is 33.9. The fraction of sp³-hybridized carbons (Fsp3) is 0.429. The van der Waals surface area contributed by atoms with Crippen molar-refractivity contribution in [1.82, 2.24) is 14.5 Å². The Balaban J connectivity index is 1.15. The summed E-state index contributed by atoms with van der Waals surface area (Å²) < 4.78 is 19.6. The molecule has 1 saturated heterocycles. The van der Waals surface area contributed by atoms with Crippen LogP contribution in [0.1, 0.15) is 31.2 Å². The number of likely N-dealkylation sites (tertiary alicyclic amines) is 1.